The predicted octanol–water partition coefficient (Wildman–Crippen LogP) is 3.60. The van der Waals surface area contributed by atoms with Crippen LogP contribution in [0.5, 0.6) is 5.88 Å². The molecule has 3 nitrogen and oxygen atoms in total. The quantitative estimate of drug-likeness (QED) is 0.813. The number of hydrogen-bond acceptors (Lipinski definition) is 3. The third-order valence-electron chi connectivity index (χ3n) is 2.40. The molecule has 0 saturated carbocycles. The zero-order valence-electron chi connectivity index (χ0n) is 9.83. The standard InChI is InChI=1S/C13H6ClF3N2O/c14-12-2-1-9(15)13(19-12)20-6-8-4-10(16)7(5-18)3-11(8)17/h1-4H,6H2. The summed E-state index contributed by atoms with van der Waals surface area (Å²) in [6.45, 7) is -0.446. The third kappa shape index (κ3) is 3.00. The normalized spacial score (nSPS) is 10.2. The number of halogens is 4. The van der Waals surface area contributed by atoms with Crippen molar-refractivity contribution in [3.8, 4) is 11.9 Å². The molecule has 0 radical (unpaired) electrons. The van der Waals surface area contributed by atoms with Crippen LogP contribution in [0.3, 0.4) is 0 Å². The fourth-order valence-corrected chi connectivity index (χ4v) is 1.57. The van der Waals surface area contributed by atoms with Crippen LogP contribution in [-0.4, -0.2) is 4.98 Å². The van der Waals surface area contributed by atoms with Gasteiger partial charge in [0.15, 0.2) is 5.82 Å². The summed E-state index contributed by atoms with van der Waals surface area (Å²) in [5.41, 5.74) is -0.582. The highest BCUT2D eigenvalue weighted by atomic mass is 35.5. The first kappa shape index (κ1) is 14.2. The Morgan fingerprint density at radius 2 is 1.90 bits per heavy atom. The van der Waals surface area contributed by atoms with E-state index in [4.69, 9.17) is 21.6 Å². The molecule has 1 aromatic heterocycles. The van der Waals surface area contributed by atoms with Crippen molar-refractivity contribution in [1.82, 2.24) is 4.98 Å². The van der Waals surface area contributed by atoms with Gasteiger partial charge >= 0.3 is 0 Å². The van der Waals surface area contributed by atoms with Crippen LogP contribution in [0.2, 0.25) is 5.15 Å². The Balaban J connectivity index is 2.21. The second-order valence-electron chi connectivity index (χ2n) is 3.74. The molecule has 1 heterocycles. The first-order valence-electron chi connectivity index (χ1n) is 5.34. The molecule has 20 heavy (non-hydrogen) atoms. The Kier molecular flexibility index (Phi) is 4.11. The molecule has 0 spiro atoms. The van der Waals surface area contributed by atoms with Gasteiger partial charge in [0, 0.05) is 5.56 Å². The van der Waals surface area contributed by atoms with Gasteiger partial charge in [0.05, 0.1) is 5.56 Å². The number of rotatable bonds is 3. The van der Waals surface area contributed by atoms with Crippen LogP contribution in [0.25, 0.3) is 0 Å². The molecule has 0 aliphatic carbocycles. The number of benzene rings is 1. The molecule has 2 aromatic rings. The van der Waals surface area contributed by atoms with Crippen molar-refractivity contribution in [3.05, 3.63) is 58.0 Å². The molecule has 0 fully saturated rings. The fraction of sp³-hybridized carbons (Fsp3) is 0.0769. The smallest absolute Gasteiger partial charge is 0.252 e. The molecule has 0 bridgehead atoms. The summed E-state index contributed by atoms with van der Waals surface area (Å²) in [5.74, 6) is -2.90. The number of aromatic nitrogens is 1. The van der Waals surface area contributed by atoms with Gasteiger partial charge in [-0.05, 0) is 24.3 Å². The summed E-state index contributed by atoms with van der Waals surface area (Å²) in [6, 6.07) is 5.34. The van der Waals surface area contributed by atoms with Crippen LogP contribution in [0.1, 0.15) is 11.1 Å². The van der Waals surface area contributed by atoms with Gasteiger partial charge in [0.1, 0.15) is 29.5 Å². The lowest BCUT2D eigenvalue weighted by molar-refractivity contribution is 0.271. The molecule has 0 amide bonds. The van der Waals surface area contributed by atoms with Crippen molar-refractivity contribution in [1.29, 1.82) is 5.26 Å². The van der Waals surface area contributed by atoms with E-state index in [1.165, 1.54) is 12.1 Å². The van der Waals surface area contributed by atoms with E-state index in [0.29, 0.717) is 0 Å². The molecule has 0 aliphatic heterocycles. The van der Waals surface area contributed by atoms with Gasteiger partial charge < -0.3 is 4.74 Å². The highest BCUT2D eigenvalue weighted by Gasteiger charge is 2.12. The summed E-state index contributed by atoms with van der Waals surface area (Å²) >= 11 is 5.57. The molecule has 1 aromatic carbocycles. The molecule has 7 heteroatoms. The van der Waals surface area contributed by atoms with E-state index in [-0.39, 0.29) is 10.7 Å². The average Bonchev–Trinajstić information content (AvgIpc) is 2.42. The second-order valence-corrected chi connectivity index (χ2v) is 4.13. The van der Waals surface area contributed by atoms with Crippen molar-refractivity contribution >= 4 is 11.6 Å². The molecule has 0 aliphatic rings. The van der Waals surface area contributed by atoms with Crippen LogP contribution in [-0.2, 0) is 6.61 Å². The molecule has 0 unspecified atom stereocenters. The summed E-state index contributed by atoms with van der Waals surface area (Å²) in [4.78, 5) is 3.57. The maximum absolute atomic E-state index is 13.6. The van der Waals surface area contributed by atoms with Crippen LogP contribution in [0, 0.1) is 28.8 Å². The van der Waals surface area contributed by atoms with Gasteiger partial charge in [-0.1, -0.05) is 11.6 Å². The Morgan fingerprint density at radius 3 is 2.60 bits per heavy atom. The largest absolute Gasteiger partial charge is 0.471 e. The van der Waals surface area contributed by atoms with E-state index in [1.54, 1.807) is 0 Å². The van der Waals surface area contributed by atoms with Crippen LogP contribution in [0.15, 0.2) is 24.3 Å². The Hall–Kier alpha value is -2.26. The minimum atomic E-state index is -0.882. The Bertz CT molecular complexity index is 701. The van der Waals surface area contributed by atoms with Crippen LogP contribution < -0.4 is 4.74 Å². The van der Waals surface area contributed by atoms with Gasteiger partial charge in [0.25, 0.3) is 5.88 Å². The van der Waals surface area contributed by atoms with E-state index in [1.807, 2.05) is 0 Å². The molecule has 0 saturated heterocycles. The number of pyridine rings is 1. The second kappa shape index (κ2) is 5.80. The minimum Gasteiger partial charge on any atom is -0.471 e. The van der Waals surface area contributed by atoms with Gasteiger partial charge in [-0.2, -0.15) is 10.2 Å². The molecule has 0 N–H and O–H groups in total. The number of nitrogens with zero attached hydrogens (tertiary/aromatic N) is 2. The van der Waals surface area contributed by atoms with Crippen molar-refractivity contribution < 1.29 is 17.9 Å². The third-order valence-corrected chi connectivity index (χ3v) is 2.61. The van der Waals surface area contributed by atoms with E-state index in [0.717, 1.165) is 18.2 Å². The van der Waals surface area contributed by atoms with E-state index >= 15 is 0 Å². The minimum absolute atomic E-state index is 0.00730. The molecule has 102 valence electrons. The average molecular weight is 299 g/mol. The fourth-order valence-electron chi connectivity index (χ4n) is 1.43. The Labute approximate surface area is 117 Å². The van der Waals surface area contributed by atoms with Crippen molar-refractivity contribution in [2.24, 2.45) is 0 Å². The highest BCUT2D eigenvalue weighted by Crippen LogP contribution is 2.20. The predicted molar refractivity (Wildman–Crippen MR) is 64.6 cm³/mol. The van der Waals surface area contributed by atoms with E-state index in [9.17, 15) is 13.2 Å². The summed E-state index contributed by atoms with van der Waals surface area (Å²) in [7, 11) is 0. The first-order chi connectivity index (χ1) is 9.51. The van der Waals surface area contributed by atoms with Gasteiger partial charge in [-0.25, -0.2) is 13.2 Å². The van der Waals surface area contributed by atoms with Crippen LogP contribution in [0.4, 0.5) is 13.2 Å². The van der Waals surface area contributed by atoms with Crippen molar-refractivity contribution in [2.45, 2.75) is 6.61 Å². The van der Waals surface area contributed by atoms with Gasteiger partial charge in [0.2, 0.25) is 0 Å². The summed E-state index contributed by atoms with van der Waals surface area (Å²) in [6.07, 6.45) is 0. The SMILES string of the molecule is N#Cc1cc(F)c(COc2nc(Cl)ccc2F)cc1F. The number of ether oxygens (including phenoxy) is 1. The number of nitriles is 1. The van der Waals surface area contributed by atoms with E-state index < -0.39 is 35.5 Å². The topological polar surface area (TPSA) is 45.9 Å². The van der Waals surface area contributed by atoms with Crippen molar-refractivity contribution in [2.75, 3.05) is 0 Å². The molecule has 2 rings (SSSR count). The lowest BCUT2D eigenvalue weighted by atomic mass is 10.1. The van der Waals surface area contributed by atoms with Gasteiger partial charge in [-0.15, -0.1) is 0 Å². The number of hydrogen-bond donors (Lipinski definition) is 0. The molecular weight excluding hydrogens is 293 g/mol. The first-order valence-corrected chi connectivity index (χ1v) is 5.72. The van der Waals surface area contributed by atoms with E-state index in [2.05, 4.69) is 4.98 Å². The van der Waals surface area contributed by atoms with Crippen LogP contribution >= 0.6 is 11.6 Å². The maximum atomic E-state index is 13.6. The zero-order chi connectivity index (χ0) is 14.7. The lowest BCUT2D eigenvalue weighted by Crippen LogP contribution is -2.03. The lowest BCUT2D eigenvalue weighted by Gasteiger charge is -2.08. The summed E-state index contributed by atoms with van der Waals surface area (Å²) in [5, 5.41) is 8.55. The molecule has 0 atom stereocenters. The van der Waals surface area contributed by atoms with Gasteiger partial charge in [-0.3, -0.25) is 0 Å². The monoisotopic (exact) mass is 298 g/mol. The molecular formula is C13H6ClF3N2O. The van der Waals surface area contributed by atoms with Crippen molar-refractivity contribution in [3.63, 3.8) is 0 Å². The zero-order valence-corrected chi connectivity index (χ0v) is 10.6. The highest BCUT2D eigenvalue weighted by molar-refractivity contribution is 6.29. The summed E-state index contributed by atoms with van der Waals surface area (Å²) < 4.78 is 45.2. The Morgan fingerprint density at radius 1 is 1.15 bits per heavy atom. The maximum Gasteiger partial charge on any atom is 0.252 e.